The first kappa shape index (κ1) is 18.7. The van der Waals surface area contributed by atoms with Gasteiger partial charge < -0.3 is 9.84 Å². The van der Waals surface area contributed by atoms with Crippen molar-refractivity contribution in [3.05, 3.63) is 35.7 Å². The van der Waals surface area contributed by atoms with Crippen molar-refractivity contribution in [1.29, 1.82) is 0 Å². The van der Waals surface area contributed by atoms with E-state index in [2.05, 4.69) is 20.0 Å². The molecule has 2 amide bonds. The smallest absolute Gasteiger partial charge is 0.336 e. The second-order valence-electron chi connectivity index (χ2n) is 5.07. The molecule has 0 saturated carbocycles. The Morgan fingerprint density at radius 2 is 2.00 bits per heavy atom. The van der Waals surface area contributed by atoms with E-state index in [1.54, 1.807) is 12.1 Å². The van der Waals surface area contributed by atoms with Crippen molar-refractivity contribution in [2.24, 2.45) is 0 Å². The monoisotopic (exact) mass is 358 g/mol. The number of nitrogens with zero attached hydrogens (tertiary/aromatic N) is 3. The maximum Gasteiger partial charge on any atom is 0.471 e. The second-order valence-corrected chi connectivity index (χ2v) is 5.07. The fourth-order valence-corrected chi connectivity index (χ4v) is 1.92. The molecule has 10 heteroatoms. The van der Waals surface area contributed by atoms with Crippen LogP contribution < -0.4 is 5.32 Å². The van der Waals surface area contributed by atoms with E-state index in [9.17, 15) is 18.0 Å². The van der Waals surface area contributed by atoms with Gasteiger partial charge in [-0.15, -0.1) is 0 Å². The number of hydroxylamine groups is 2. The summed E-state index contributed by atoms with van der Waals surface area (Å²) in [6.45, 7) is 2.63. The summed E-state index contributed by atoms with van der Waals surface area (Å²) < 4.78 is 41.6. The number of carbonyl (C=O) groups excluding carboxylic acids is 1. The Bertz CT molecular complexity index is 701. The zero-order valence-electron chi connectivity index (χ0n) is 13.6. The molecule has 0 saturated heterocycles. The van der Waals surface area contributed by atoms with Gasteiger partial charge in [-0.25, -0.2) is 4.79 Å². The summed E-state index contributed by atoms with van der Waals surface area (Å²) >= 11 is 0. The molecule has 136 valence electrons. The van der Waals surface area contributed by atoms with Crippen molar-refractivity contribution in [2.75, 3.05) is 13.7 Å². The molecule has 0 atom stereocenters. The third-order valence-electron chi connectivity index (χ3n) is 3.18. The van der Waals surface area contributed by atoms with Crippen molar-refractivity contribution < 1.29 is 27.3 Å². The minimum absolute atomic E-state index is 0.164. The lowest BCUT2D eigenvalue weighted by Gasteiger charge is -2.20. The second kappa shape index (κ2) is 7.97. The van der Waals surface area contributed by atoms with Crippen LogP contribution in [0.2, 0.25) is 0 Å². The average Bonchev–Trinajstić information content (AvgIpc) is 3.08. The molecule has 25 heavy (non-hydrogen) atoms. The fraction of sp³-hybridized carbons (Fsp3) is 0.400. The van der Waals surface area contributed by atoms with E-state index >= 15 is 0 Å². The number of alkyl halides is 3. The SMILES string of the molecule is CCCNC(=O)N(Cc1ccc(-c2noc(C(F)(F)F)n2)cc1)OC. The largest absolute Gasteiger partial charge is 0.471 e. The molecule has 0 bridgehead atoms. The van der Waals surface area contributed by atoms with Crippen LogP contribution in [-0.4, -0.2) is 34.9 Å². The van der Waals surface area contributed by atoms with Gasteiger partial charge >= 0.3 is 18.1 Å². The molecule has 1 heterocycles. The van der Waals surface area contributed by atoms with Gasteiger partial charge in [-0.3, -0.25) is 4.84 Å². The Labute approximate surface area is 141 Å². The van der Waals surface area contributed by atoms with E-state index in [0.717, 1.165) is 17.0 Å². The molecule has 1 aromatic heterocycles. The number of amides is 2. The molecular weight excluding hydrogens is 341 g/mol. The molecule has 0 aliphatic rings. The zero-order chi connectivity index (χ0) is 18.4. The minimum atomic E-state index is -4.68. The van der Waals surface area contributed by atoms with Crippen LogP contribution in [0, 0.1) is 0 Å². The molecule has 2 rings (SSSR count). The van der Waals surface area contributed by atoms with Crippen LogP contribution >= 0.6 is 0 Å². The van der Waals surface area contributed by atoms with Crippen LogP contribution in [0.1, 0.15) is 24.8 Å². The lowest BCUT2D eigenvalue weighted by atomic mass is 10.1. The normalized spacial score (nSPS) is 11.4. The van der Waals surface area contributed by atoms with Crippen LogP contribution in [0.5, 0.6) is 0 Å². The summed E-state index contributed by atoms with van der Waals surface area (Å²) in [4.78, 5) is 20.2. The Hall–Kier alpha value is -2.62. The maximum absolute atomic E-state index is 12.5. The summed E-state index contributed by atoms with van der Waals surface area (Å²) in [6.07, 6.45) is -3.89. The number of benzene rings is 1. The third kappa shape index (κ3) is 4.92. The number of rotatable bonds is 6. The molecule has 1 N–H and O–H groups in total. The molecule has 1 aromatic carbocycles. The van der Waals surface area contributed by atoms with E-state index in [0.29, 0.717) is 12.1 Å². The molecule has 0 spiro atoms. The van der Waals surface area contributed by atoms with Gasteiger partial charge in [-0.05, 0) is 12.0 Å². The van der Waals surface area contributed by atoms with Crippen LogP contribution in [0.4, 0.5) is 18.0 Å². The molecule has 7 nitrogen and oxygen atoms in total. The van der Waals surface area contributed by atoms with Crippen LogP contribution in [0.25, 0.3) is 11.4 Å². The average molecular weight is 358 g/mol. The summed E-state index contributed by atoms with van der Waals surface area (Å²) in [5, 5.41) is 7.14. The Balaban J connectivity index is 2.06. The Morgan fingerprint density at radius 3 is 2.52 bits per heavy atom. The summed E-state index contributed by atoms with van der Waals surface area (Å²) in [5.74, 6) is -1.56. The number of aromatic nitrogens is 2. The topological polar surface area (TPSA) is 80.5 Å². The lowest BCUT2D eigenvalue weighted by Crippen LogP contribution is -2.39. The number of hydrogen-bond donors (Lipinski definition) is 1. The first-order valence-corrected chi connectivity index (χ1v) is 7.44. The summed E-state index contributed by atoms with van der Waals surface area (Å²) in [7, 11) is 1.37. The number of nitrogens with one attached hydrogen (secondary N) is 1. The van der Waals surface area contributed by atoms with Crippen molar-refractivity contribution in [3.8, 4) is 11.4 Å². The molecule has 0 fully saturated rings. The molecule has 0 aliphatic heterocycles. The molecule has 0 radical (unpaired) electrons. The van der Waals surface area contributed by atoms with Gasteiger partial charge in [-0.1, -0.05) is 36.3 Å². The van der Waals surface area contributed by atoms with Crippen LogP contribution in [0.15, 0.2) is 28.8 Å². The molecule has 2 aromatic rings. The van der Waals surface area contributed by atoms with Gasteiger partial charge in [0.15, 0.2) is 0 Å². The highest BCUT2D eigenvalue weighted by atomic mass is 19.4. The highest BCUT2D eigenvalue weighted by Gasteiger charge is 2.38. The summed E-state index contributed by atoms with van der Waals surface area (Å²) in [6, 6.07) is 5.98. The third-order valence-corrected chi connectivity index (χ3v) is 3.18. The van der Waals surface area contributed by atoms with Gasteiger partial charge in [0.25, 0.3) is 0 Å². The number of halogens is 3. The quantitative estimate of drug-likeness (QED) is 0.802. The van der Waals surface area contributed by atoms with E-state index < -0.39 is 12.1 Å². The first-order chi connectivity index (χ1) is 11.8. The first-order valence-electron chi connectivity index (χ1n) is 7.44. The predicted octanol–water partition coefficient (Wildman–Crippen LogP) is 3.24. The number of carbonyl (C=O) groups is 1. The van der Waals surface area contributed by atoms with Gasteiger partial charge in [-0.2, -0.15) is 23.2 Å². The van der Waals surface area contributed by atoms with Crippen LogP contribution in [-0.2, 0) is 17.6 Å². The standard InChI is InChI=1S/C15H17F3N4O3/c1-3-8-19-14(23)22(24-2)9-10-4-6-11(7-5-10)12-20-13(25-21-12)15(16,17)18/h4-7H,3,8-9H2,1-2H3,(H,19,23). The molecular formula is C15H17F3N4O3. The zero-order valence-corrected chi connectivity index (χ0v) is 13.6. The van der Waals surface area contributed by atoms with E-state index in [-0.39, 0.29) is 18.4 Å². The van der Waals surface area contributed by atoms with Gasteiger partial charge in [0.2, 0.25) is 5.82 Å². The van der Waals surface area contributed by atoms with Gasteiger partial charge in [0, 0.05) is 12.1 Å². The highest BCUT2D eigenvalue weighted by molar-refractivity contribution is 5.73. The maximum atomic E-state index is 12.5. The van der Waals surface area contributed by atoms with Crippen molar-refractivity contribution in [1.82, 2.24) is 20.5 Å². The van der Waals surface area contributed by atoms with E-state index in [1.165, 1.54) is 19.2 Å². The molecule has 0 aliphatic carbocycles. The highest BCUT2D eigenvalue weighted by Crippen LogP contribution is 2.29. The molecule has 0 unspecified atom stereocenters. The van der Waals surface area contributed by atoms with Crippen LogP contribution in [0.3, 0.4) is 0 Å². The van der Waals surface area contributed by atoms with E-state index in [1.807, 2.05) is 6.92 Å². The summed E-state index contributed by atoms with van der Waals surface area (Å²) in [5.41, 5.74) is 1.08. The number of hydrogen-bond acceptors (Lipinski definition) is 5. The predicted molar refractivity (Wildman–Crippen MR) is 81.0 cm³/mol. The fourth-order valence-electron chi connectivity index (χ4n) is 1.92. The lowest BCUT2D eigenvalue weighted by molar-refractivity contribution is -0.159. The Morgan fingerprint density at radius 1 is 1.32 bits per heavy atom. The van der Waals surface area contributed by atoms with Crippen molar-refractivity contribution in [3.63, 3.8) is 0 Å². The van der Waals surface area contributed by atoms with E-state index in [4.69, 9.17) is 4.84 Å². The minimum Gasteiger partial charge on any atom is -0.336 e. The Kier molecular flexibility index (Phi) is 5.97. The van der Waals surface area contributed by atoms with Crippen molar-refractivity contribution in [2.45, 2.75) is 26.1 Å². The number of urea groups is 1. The van der Waals surface area contributed by atoms with Gasteiger partial charge in [0.1, 0.15) is 0 Å². The van der Waals surface area contributed by atoms with Gasteiger partial charge in [0.05, 0.1) is 13.7 Å². The van der Waals surface area contributed by atoms with Crippen molar-refractivity contribution >= 4 is 6.03 Å².